The van der Waals surface area contributed by atoms with E-state index < -0.39 is 11.9 Å². The van der Waals surface area contributed by atoms with E-state index in [9.17, 15) is 9.90 Å². The monoisotopic (exact) mass is 451 g/mol. The second-order valence-electron chi connectivity index (χ2n) is 8.90. The van der Waals surface area contributed by atoms with Crippen molar-refractivity contribution in [1.82, 2.24) is 29.6 Å². The molecule has 0 radical (unpaired) electrons. The number of benzene rings is 1. The Balaban J connectivity index is 1.36. The lowest BCUT2D eigenvalue weighted by atomic mass is 9.95. The number of aromatic nitrogens is 5. The molecule has 0 saturated carbocycles. The molecule has 3 aromatic rings. The highest BCUT2D eigenvalue weighted by Crippen LogP contribution is 2.39. The Morgan fingerprint density at radius 1 is 1.15 bits per heavy atom. The minimum absolute atomic E-state index is 0.0251. The van der Waals surface area contributed by atoms with Crippen molar-refractivity contribution in [2.75, 3.05) is 19.0 Å². The first-order chi connectivity index (χ1) is 15.8. The van der Waals surface area contributed by atoms with Gasteiger partial charge in [-0.2, -0.15) is 4.98 Å². The number of aromatic hydroxyl groups is 1. The number of nitrogens with zero attached hydrogens (tertiary/aromatic N) is 7. The number of aryl methyl sites for hydroxylation is 1. The number of alkyl halides is 1. The van der Waals surface area contributed by atoms with Gasteiger partial charge >= 0.3 is 5.69 Å². The van der Waals surface area contributed by atoms with E-state index in [1.807, 2.05) is 19.0 Å². The van der Waals surface area contributed by atoms with Crippen molar-refractivity contribution in [2.45, 2.75) is 43.6 Å². The van der Waals surface area contributed by atoms with Gasteiger partial charge in [-0.15, -0.1) is 10.2 Å². The van der Waals surface area contributed by atoms with Crippen molar-refractivity contribution in [2.24, 2.45) is 7.05 Å². The highest BCUT2D eigenvalue weighted by molar-refractivity contribution is 5.72. The van der Waals surface area contributed by atoms with E-state index in [1.54, 1.807) is 31.3 Å². The Morgan fingerprint density at radius 3 is 2.67 bits per heavy atom. The lowest BCUT2D eigenvalue weighted by molar-refractivity contribution is 0.0701. The Hall–Kier alpha value is -3.40. The summed E-state index contributed by atoms with van der Waals surface area (Å²) in [5.41, 5.74) is 1.07. The number of anilines is 1. The molecule has 4 atom stereocenters. The van der Waals surface area contributed by atoms with Gasteiger partial charge in [-0.05, 0) is 50.6 Å². The summed E-state index contributed by atoms with van der Waals surface area (Å²) < 4.78 is 16.4. The summed E-state index contributed by atoms with van der Waals surface area (Å²) in [6, 6.07) is 8.60. The third kappa shape index (κ3) is 3.74. The van der Waals surface area contributed by atoms with Crippen LogP contribution in [0.25, 0.3) is 22.6 Å². The summed E-state index contributed by atoms with van der Waals surface area (Å²) in [6.45, 7) is 0. The van der Waals surface area contributed by atoms with Crippen molar-refractivity contribution < 1.29 is 9.50 Å². The van der Waals surface area contributed by atoms with Gasteiger partial charge < -0.3 is 10.0 Å². The molecule has 1 N–H and O–H groups in total. The summed E-state index contributed by atoms with van der Waals surface area (Å²) in [6.07, 6.45) is 3.15. The number of phenolic OH excluding ortho intramolecular Hbond substituents is 1. The lowest BCUT2D eigenvalue weighted by Gasteiger charge is -2.43. The van der Waals surface area contributed by atoms with E-state index in [0.717, 1.165) is 19.3 Å². The predicted molar refractivity (Wildman–Crippen MR) is 122 cm³/mol. The second-order valence-corrected chi connectivity index (χ2v) is 8.90. The minimum Gasteiger partial charge on any atom is -0.507 e. The van der Waals surface area contributed by atoms with Gasteiger partial charge in [0.2, 0.25) is 0 Å². The molecule has 1 aromatic carbocycles. The Morgan fingerprint density at radius 2 is 1.97 bits per heavy atom. The van der Waals surface area contributed by atoms with Crippen LogP contribution in [-0.4, -0.2) is 73.1 Å². The van der Waals surface area contributed by atoms with Crippen molar-refractivity contribution >= 4 is 5.82 Å². The molecule has 2 aliphatic rings. The Bertz CT molecular complexity index is 1230. The van der Waals surface area contributed by atoms with E-state index in [-0.39, 0.29) is 23.7 Å². The van der Waals surface area contributed by atoms with Crippen LogP contribution in [0.4, 0.5) is 10.2 Å². The molecule has 2 fully saturated rings. The van der Waals surface area contributed by atoms with Crippen LogP contribution in [0.3, 0.4) is 0 Å². The Labute approximate surface area is 190 Å². The van der Waals surface area contributed by atoms with E-state index >= 15 is 4.39 Å². The van der Waals surface area contributed by atoms with Gasteiger partial charge in [0.1, 0.15) is 18.2 Å². The third-order valence-corrected chi connectivity index (χ3v) is 7.04. The molecule has 0 aliphatic carbocycles. The zero-order valence-corrected chi connectivity index (χ0v) is 18.8. The Kier molecular flexibility index (Phi) is 5.32. The molecular weight excluding hydrogens is 425 g/mol. The SMILES string of the molecule is CN(c1ccc(-c2ccc(-c3ncn(C)c(=O)n3)cc2O)nn1)[C@H]1C[C@@H]2CC[C@H]([C@H]1F)N2C. The van der Waals surface area contributed by atoms with E-state index in [0.29, 0.717) is 28.7 Å². The average Bonchev–Trinajstić information content (AvgIpc) is 3.08. The number of hydrogen-bond donors (Lipinski definition) is 1. The van der Waals surface area contributed by atoms with E-state index in [2.05, 4.69) is 25.1 Å². The molecule has 172 valence electrons. The maximum absolute atomic E-state index is 15.2. The summed E-state index contributed by atoms with van der Waals surface area (Å²) >= 11 is 0. The van der Waals surface area contributed by atoms with Crippen LogP contribution < -0.4 is 10.6 Å². The van der Waals surface area contributed by atoms with Crippen molar-refractivity contribution in [3.63, 3.8) is 0 Å². The fraction of sp³-hybridized carbons (Fsp3) is 0.435. The van der Waals surface area contributed by atoms with E-state index in [4.69, 9.17) is 0 Å². The second kappa shape index (κ2) is 8.18. The summed E-state index contributed by atoms with van der Waals surface area (Å²) in [5.74, 6) is 0.804. The van der Waals surface area contributed by atoms with Gasteiger partial charge in [0.05, 0.1) is 11.7 Å². The fourth-order valence-electron chi connectivity index (χ4n) is 4.99. The number of fused-ring (bicyclic) bond motifs is 2. The quantitative estimate of drug-likeness (QED) is 0.643. The standard InChI is InChI=1S/C23H26FN7O2/c1-29-12-25-22(26-23(29)33)13-4-6-15(19(32)10-13)16-7-9-20(28-27-16)31(3)18-11-14-5-8-17(21(18)24)30(14)2/h4,6-7,9-10,12,14,17-18,21,32H,5,8,11H2,1-3H3/t14-,17+,18-,21+/m0/s1. The molecule has 5 rings (SSSR count). The normalized spacial score (nSPS) is 24.7. The number of halogens is 1. The number of hydrogen-bond acceptors (Lipinski definition) is 8. The minimum atomic E-state index is -0.936. The predicted octanol–water partition coefficient (Wildman–Crippen LogP) is 2.01. The van der Waals surface area contributed by atoms with Crippen LogP contribution in [0.5, 0.6) is 5.75 Å². The van der Waals surface area contributed by atoms with Crippen LogP contribution in [-0.2, 0) is 7.05 Å². The molecule has 0 amide bonds. The van der Waals surface area contributed by atoms with Gasteiger partial charge in [0, 0.05) is 37.3 Å². The fourth-order valence-corrected chi connectivity index (χ4v) is 4.99. The number of rotatable bonds is 4. The smallest absolute Gasteiger partial charge is 0.350 e. The lowest BCUT2D eigenvalue weighted by Crippen LogP contribution is -2.56. The summed E-state index contributed by atoms with van der Waals surface area (Å²) in [4.78, 5) is 23.9. The van der Waals surface area contributed by atoms with E-state index in [1.165, 1.54) is 17.0 Å². The largest absolute Gasteiger partial charge is 0.507 e. The zero-order valence-electron chi connectivity index (χ0n) is 18.8. The van der Waals surface area contributed by atoms with Gasteiger partial charge in [-0.25, -0.2) is 14.2 Å². The molecule has 10 heteroatoms. The molecular formula is C23H26FN7O2. The van der Waals surface area contributed by atoms with Gasteiger partial charge in [-0.3, -0.25) is 9.47 Å². The van der Waals surface area contributed by atoms with Gasteiger partial charge in [0.25, 0.3) is 0 Å². The van der Waals surface area contributed by atoms with Crippen LogP contribution in [0, 0.1) is 0 Å². The number of phenols is 1. The first-order valence-electron chi connectivity index (χ1n) is 11.0. The number of piperidine rings is 1. The topological polar surface area (TPSA) is 100 Å². The summed E-state index contributed by atoms with van der Waals surface area (Å²) in [5, 5.41) is 19.2. The molecule has 0 spiro atoms. The molecule has 2 bridgehead atoms. The maximum atomic E-state index is 15.2. The molecule has 33 heavy (non-hydrogen) atoms. The van der Waals surface area contributed by atoms with Crippen LogP contribution >= 0.6 is 0 Å². The highest BCUT2D eigenvalue weighted by atomic mass is 19.1. The first-order valence-corrected chi connectivity index (χ1v) is 11.0. The summed E-state index contributed by atoms with van der Waals surface area (Å²) in [7, 11) is 5.44. The highest BCUT2D eigenvalue weighted by Gasteiger charge is 2.47. The molecule has 2 aromatic heterocycles. The van der Waals surface area contributed by atoms with Crippen molar-refractivity contribution in [1.29, 1.82) is 0 Å². The molecule has 4 heterocycles. The maximum Gasteiger partial charge on any atom is 0.350 e. The average molecular weight is 452 g/mol. The first kappa shape index (κ1) is 21.4. The molecule has 2 saturated heterocycles. The van der Waals surface area contributed by atoms with Crippen LogP contribution in [0.2, 0.25) is 0 Å². The van der Waals surface area contributed by atoms with Crippen LogP contribution in [0.15, 0.2) is 41.5 Å². The van der Waals surface area contributed by atoms with Gasteiger partial charge in [0.15, 0.2) is 11.6 Å². The van der Waals surface area contributed by atoms with Gasteiger partial charge in [-0.1, -0.05) is 6.07 Å². The third-order valence-electron chi connectivity index (χ3n) is 7.04. The molecule has 9 nitrogen and oxygen atoms in total. The molecule has 0 unspecified atom stereocenters. The van der Waals surface area contributed by atoms with Crippen molar-refractivity contribution in [3.8, 4) is 28.4 Å². The molecule has 2 aliphatic heterocycles. The van der Waals surface area contributed by atoms with Crippen LogP contribution in [0.1, 0.15) is 19.3 Å². The zero-order chi connectivity index (χ0) is 23.3. The van der Waals surface area contributed by atoms with Crippen molar-refractivity contribution in [3.05, 3.63) is 47.1 Å².